The highest BCUT2D eigenvalue weighted by molar-refractivity contribution is 7.80. The van der Waals surface area contributed by atoms with Gasteiger partial charge in [0.05, 0.1) is 4.99 Å². The van der Waals surface area contributed by atoms with Gasteiger partial charge in [-0.1, -0.05) is 30.4 Å². The van der Waals surface area contributed by atoms with Gasteiger partial charge in [-0.25, -0.2) is 0 Å². The average Bonchev–Trinajstić information content (AvgIpc) is 2.66. The molecule has 2 aliphatic rings. The molecule has 0 saturated carbocycles. The molecule has 3 rings (SSSR count). The molecule has 2 heteroatoms. The van der Waals surface area contributed by atoms with E-state index in [0.717, 1.165) is 17.8 Å². The number of hydrogen-bond acceptors (Lipinski definition) is 1. The van der Waals surface area contributed by atoms with Gasteiger partial charge in [-0.3, -0.25) is 0 Å². The van der Waals surface area contributed by atoms with Gasteiger partial charge in [0.1, 0.15) is 0 Å². The van der Waals surface area contributed by atoms with Crippen molar-refractivity contribution in [1.29, 1.82) is 0 Å². The first-order valence-corrected chi connectivity index (χ1v) is 7.23. The fraction of sp³-hybridized carbons (Fsp3) is 0.438. The molecule has 0 saturated heterocycles. The summed E-state index contributed by atoms with van der Waals surface area (Å²) in [6.07, 6.45) is 9.11. The van der Waals surface area contributed by atoms with Crippen LogP contribution in [0.1, 0.15) is 43.2 Å². The van der Waals surface area contributed by atoms with E-state index in [-0.39, 0.29) is 5.41 Å². The van der Waals surface area contributed by atoms with Crippen LogP contribution in [-0.4, -0.2) is 4.99 Å². The second kappa shape index (κ2) is 4.51. The van der Waals surface area contributed by atoms with Crippen LogP contribution in [0.15, 0.2) is 30.9 Å². The SMILES string of the molecule is C=CCCCC12CCCc3cccc(c31)NC2=S. The first kappa shape index (κ1) is 11.9. The summed E-state index contributed by atoms with van der Waals surface area (Å²) in [5.74, 6) is 0. The molecule has 94 valence electrons. The molecule has 0 fully saturated rings. The first-order chi connectivity index (χ1) is 8.78. The summed E-state index contributed by atoms with van der Waals surface area (Å²) in [5, 5.41) is 3.45. The fourth-order valence-electron chi connectivity index (χ4n) is 3.56. The Kier molecular flexibility index (Phi) is 2.98. The van der Waals surface area contributed by atoms with E-state index in [0.29, 0.717) is 0 Å². The van der Waals surface area contributed by atoms with Crippen LogP contribution in [0.25, 0.3) is 0 Å². The zero-order valence-corrected chi connectivity index (χ0v) is 11.5. The predicted octanol–water partition coefficient (Wildman–Crippen LogP) is 4.37. The maximum Gasteiger partial charge on any atom is 0.0905 e. The Hall–Kier alpha value is -1.15. The molecule has 1 atom stereocenters. The van der Waals surface area contributed by atoms with E-state index in [1.54, 1.807) is 0 Å². The second-order valence-electron chi connectivity index (χ2n) is 5.41. The third kappa shape index (κ3) is 1.63. The van der Waals surface area contributed by atoms with Crippen molar-refractivity contribution in [2.24, 2.45) is 0 Å². The monoisotopic (exact) mass is 257 g/mol. The molecular weight excluding hydrogens is 238 g/mol. The zero-order chi connectivity index (χ0) is 12.6. The van der Waals surface area contributed by atoms with Gasteiger partial charge in [-0.2, -0.15) is 0 Å². The minimum atomic E-state index is 0.127. The third-order valence-corrected chi connectivity index (χ3v) is 4.87. The van der Waals surface area contributed by atoms with Crippen molar-refractivity contribution in [3.05, 3.63) is 42.0 Å². The lowest BCUT2D eigenvalue weighted by molar-refractivity contribution is 0.442. The molecule has 18 heavy (non-hydrogen) atoms. The fourth-order valence-corrected chi connectivity index (χ4v) is 3.98. The molecule has 0 bridgehead atoms. The summed E-state index contributed by atoms with van der Waals surface area (Å²) in [5.41, 5.74) is 4.40. The molecule has 1 nitrogen and oxygen atoms in total. The van der Waals surface area contributed by atoms with Gasteiger partial charge in [0.2, 0.25) is 0 Å². The van der Waals surface area contributed by atoms with Gasteiger partial charge in [-0.15, -0.1) is 6.58 Å². The molecule has 0 amide bonds. The molecule has 0 aromatic heterocycles. The first-order valence-electron chi connectivity index (χ1n) is 6.83. The number of thiocarbonyl (C=S) groups is 1. The van der Waals surface area contributed by atoms with Gasteiger partial charge in [0.15, 0.2) is 0 Å². The Morgan fingerprint density at radius 2 is 2.33 bits per heavy atom. The van der Waals surface area contributed by atoms with Gasteiger partial charge >= 0.3 is 0 Å². The highest BCUT2D eigenvalue weighted by Gasteiger charge is 2.45. The molecule has 1 aliphatic carbocycles. The van der Waals surface area contributed by atoms with Crippen LogP contribution in [0.2, 0.25) is 0 Å². The van der Waals surface area contributed by atoms with E-state index >= 15 is 0 Å². The van der Waals surface area contributed by atoms with Crippen molar-refractivity contribution >= 4 is 22.9 Å². The number of anilines is 1. The van der Waals surface area contributed by atoms with E-state index in [1.807, 2.05) is 6.08 Å². The Morgan fingerprint density at radius 1 is 1.44 bits per heavy atom. The molecular formula is C16H19NS. The topological polar surface area (TPSA) is 12.0 Å². The van der Waals surface area contributed by atoms with Gasteiger partial charge < -0.3 is 5.32 Å². The third-order valence-electron chi connectivity index (χ3n) is 4.37. The van der Waals surface area contributed by atoms with E-state index in [9.17, 15) is 0 Å². The zero-order valence-electron chi connectivity index (χ0n) is 10.7. The number of allylic oxidation sites excluding steroid dienone is 1. The normalized spacial score (nSPS) is 24.6. The van der Waals surface area contributed by atoms with Crippen LogP contribution in [0.4, 0.5) is 5.69 Å². The van der Waals surface area contributed by atoms with Crippen molar-refractivity contribution in [1.82, 2.24) is 0 Å². The lowest BCUT2D eigenvalue weighted by atomic mass is 9.68. The maximum atomic E-state index is 5.66. The Balaban J connectivity index is 2.02. The largest absolute Gasteiger partial charge is 0.349 e. The van der Waals surface area contributed by atoms with Crippen molar-refractivity contribution in [3.8, 4) is 0 Å². The van der Waals surface area contributed by atoms with Gasteiger partial charge in [-0.05, 0) is 55.7 Å². The minimum absolute atomic E-state index is 0.127. The summed E-state index contributed by atoms with van der Waals surface area (Å²) in [4.78, 5) is 1.05. The van der Waals surface area contributed by atoms with Crippen molar-refractivity contribution in [2.45, 2.75) is 43.9 Å². The van der Waals surface area contributed by atoms with Gasteiger partial charge in [0, 0.05) is 11.1 Å². The van der Waals surface area contributed by atoms with Crippen LogP contribution < -0.4 is 5.32 Å². The molecule has 1 aromatic carbocycles. The molecule has 0 spiro atoms. The molecule has 1 aromatic rings. The molecule has 1 aliphatic heterocycles. The Labute approximate surface area is 114 Å². The van der Waals surface area contributed by atoms with Crippen molar-refractivity contribution < 1.29 is 0 Å². The molecule has 1 unspecified atom stereocenters. The maximum absolute atomic E-state index is 5.66. The summed E-state index contributed by atoms with van der Waals surface area (Å²) in [7, 11) is 0. The number of nitrogens with one attached hydrogen (secondary N) is 1. The summed E-state index contributed by atoms with van der Waals surface area (Å²) < 4.78 is 0. The highest BCUT2D eigenvalue weighted by Crippen LogP contribution is 2.50. The number of aryl methyl sites for hydroxylation is 1. The van der Waals surface area contributed by atoms with Crippen LogP contribution in [0.3, 0.4) is 0 Å². The van der Waals surface area contributed by atoms with Crippen LogP contribution >= 0.6 is 12.2 Å². The van der Waals surface area contributed by atoms with Crippen LogP contribution in [-0.2, 0) is 11.8 Å². The van der Waals surface area contributed by atoms with Crippen molar-refractivity contribution in [3.63, 3.8) is 0 Å². The van der Waals surface area contributed by atoms with E-state index in [1.165, 1.54) is 42.5 Å². The quantitative estimate of drug-likeness (QED) is 0.488. The van der Waals surface area contributed by atoms with E-state index < -0.39 is 0 Å². The summed E-state index contributed by atoms with van der Waals surface area (Å²) in [6, 6.07) is 6.59. The predicted molar refractivity (Wildman–Crippen MR) is 81.3 cm³/mol. The summed E-state index contributed by atoms with van der Waals surface area (Å²) >= 11 is 5.66. The highest BCUT2D eigenvalue weighted by atomic mass is 32.1. The second-order valence-corrected chi connectivity index (χ2v) is 5.82. The summed E-state index contributed by atoms with van der Waals surface area (Å²) in [6.45, 7) is 3.82. The molecule has 0 radical (unpaired) electrons. The average molecular weight is 257 g/mol. The Morgan fingerprint density at radius 3 is 3.17 bits per heavy atom. The number of rotatable bonds is 4. The standard InChI is InChI=1S/C16H19NS/c1-2-3-4-10-16-11-6-8-12-7-5-9-13(14(12)16)17-15(16)18/h2,5,7,9H,1,3-4,6,8,10-11H2,(H,17,18). The van der Waals surface area contributed by atoms with Gasteiger partial charge in [0.25, 0.3) is 0 Å². The number of benzene rings is 1. The van der Waals surface area contributed by atoms with Crippen LogP contribution in [0, 0.1) is 0 Å². The Bertz CT molecular complexity index is 506. The molecule has 1 N–H and O–H groups in total. The van der Waals surface area contributed by atoms with E-state index in [4.69, 9.17) is 12.2 Å². The lowest BCUT2D eigenvalue weighted by Crippen LogP contribution is -2.36. The number of unbranched alkanes of at least 4 members (excludes halogenated alkanes) is 1. The van der Waals surface area contributed by atoms with E-state index in [2.05, 4.69) is 30.1 Å². The van der Waals surface area contributed by atoms with Crippen LogP contribution in [0.5, 0.6) is 0 Å². The minimum Gasteiger partial charge on any atom is -0.349 e. The lowest BCUT2D eigenvalue weighted by Gasteiger charge is -2.34. The smallest absolute Gasteiger partial charge is 0.0905 e. The van der Waals surface area contributed by atoms with Crippen molar-refractivity contribution in [2.75, 3.05) is 5.32 Å². The number of hydrogen-bond donors (Lipinski definition) is 1. The molecule has 1 heterocycles.